The molecule has 0 spiro atoms. The van der Waals surface area contributed by atoms with E-state index >= 15 is 0 Å². The van der Waals surface area contributed by atoms with Gasteiger partial charge in [0, 0.05) is 31.0 Å². The SMILES string of the molecule is CCn1cc(S(=O)(=O)Nc2ccc(S(=O)(=O)N3CCCCC3C)cc2)cn1. The molecule has 8 nitrogen and oxygen atoms in total. The van der Waals surface area contributed by atoms with E-state index in [4.69, 9.17) is 0 Å². The van der Waals surface area contributed by atoms with Crippen LogP contribution in [0.1, 0.15) is 33.1 Å². The number of nitrogens with one attached hydrogen (secondary N) is 1. The number of benzene rings is 1. The van der Waals surface area contributed by atoms with Crippen LogP contribution in [0.2, 0.25) is 0 Å². The van der Waals surface area contributed by atoms with Crippen molar-refractivity contribution in [1.29, 1.82) is 0 Å². The predicted octanol–water partition coefficient (Wildman–Crippen LogP) is 2.27. The molecule has 2 heterocycles. The molecule has 1 unspecified atom stereocenters. The van der Waals surface area contributed by atoms with Crippen molar-refractivity contribution in [3.8, 4) is 0 Å². The molecule has 1 N–H and O–H groups in total. The van der Waals surface area contributed by atoms with Crippen LogP contribution in [0.4, 0.5) is 5.69 Å². The standard InChI is InChI=1S/C17H24N4O4S2/c1-3-20-13-17(12-18-20)26(22,23)19-15-7-9-16(10-8-15)27(24,25)21-11-5-4-6-14(21)2/h7-10,12-14,19H,3-6,11H2,1-2H3. The fraction of sp³-hybridized carbons (Fsp3) is 0.471. The quantitative estimate of drug-likeness (QED) is 0.784. The Morgan fingerprint density at radius 1 is 1.11 bits per heavy atom. The molecular weight excluding hydrogens is 388 g/mol. The predicted molar refractivity (Wildman–Crippen MR) is 102 cm³/mol. The van der Waals surface area contributed by atoms with E-state index in [1.165, 1.54) is 45.6 Å². The molecule has 0 bridgehead atoms. The Morgan fingerprint density at radius 3 is 2.41 bits per heavy atom. The summed E-state index contributed by atoms with van der Waals surface area (Å²) in [6.45, 7) is 4.85. The smallest absolute Gasteiger partial charge is 0.265 e. The molecule has 1 saturated heterocycles. The Hall–Kier alpha value is -1.91. The largest absolute Gasteiger partial charge is 0.280 e. The lowest BCUT2D eigenvalue weighted by Crippen LogP contribution is -2.41. The molecular formula is C17H24N4O4S2. The molecule has 0 amide bonds. The third-order valence-corrected chi connectivity index (χ3v) is 8.06. The highest BCUT2D eigenvalue weighted by atomic mass is 32.2. The average molecular weight is 413 g/mol. The van der Waals surface area contributed by atoms with E-state index in [1.807, 2.05) is 13.8 Å². The zero-order valence-electron chi connectivity index (χ0n) is 15.4. The van der Waals surface area contributed by atoms with E-state index in [0.717, 1.165) is 19.3 Å². The molecule has 3 rings (SSSR count). The lowest BCUT2D eigenvalue weighted by atomic mass is 10.1. The molecule has 1 aromatic carbocycles. The number of aromatic nitrogens is 2. The first-order valence-electron chi connectivity index (χ1n) is 8.91. The third-order valence-electron chi connectivity index (χ3n) is 4.70. The zero-order valence-corrected chi connectivity index (χ0v) is 17.0. The molecule has 0 aliphatic carbocycles. The number of aryl methyl sites for hydroxylation is 1. The molecule has 1 aliphatic heterocycles. The van der Waals surface area contributed by atoms with E-state index < -0.39 is 20.0 Å². The van der Waals surface area contributed by atoms with Crippen molar-refractivity contribution in [2.24, 2.45) is 0 Å². The van der Waals surface area contributed by atoms with Gasteiger partial charge >= 0.3 is 0 Å². The van der Waals surface area contributed by atoms with Gasteiger partial charge in [-0.2, -0.15) is 9.40 Å². The number of piperidine rings is 1. The second-order valence-corrected chi connectivity index (χ2v) is 10.2. The Kier molecular flexibility index (Phi) is 5.59. The van der Waals surface area contributed by atoms with E-state index in [9.17, 15) is 16.8 Å². The monoisotopic (exact) mass is 412 g/mol. The maximum atomic E-state index is 12.8. The highest BCUT2D eigenvalue weighted by molar-refractivity contribution is 7.92. The summed E-state index contributed by atoms with van der Waals surface area (Å²) in [5.74, 6) is 0. The minimum atomic E-state index is -3.77. The summed E-state index contributed by atoms with van der Waals surface area (Å²) in [5.41, 5.74) is 0.296. The lowest BCUT2D eigenvalue weighted by Gasteiger charge is -2.32. The van der Waals surface area contributed by atoms with Gasteiger partial charge in [0.25, 0.3) is 10.0 Å². The normalized spacial score (nSPS) is 19.1. The second-order valence-electron chi connectivity index (χ2n) is 6.62. The van der Waals surface area contributed by atoms with Gasteiger partial charge in [0.1, 0.15) is 4.90 Å². The molecule has 2 aromatic rings. The highest BCUT2D eigenvalue weighted by Crippen LogP contribution is 2.26. The molecule has 1 fully saturated rings. The number of hydrogen-bond acceptors (Lipinski definition) is 5. The summed E-state index contributed by atoms with van der Waals surface area (Å²) in [5, 5.41) is 3.96. The first-order valence-corrected chi connectivity index (χ1v) is 11.8. The van der Waals surface area contributed by atoms with Crippen LogP contribution >= 0.6 is 0 Å². The van der Waals surface area contributed by atoms with Crippen molar-refractivity contribution in [2.45, 2.75) is 55.5 Å². The van der Waals surface area contributed by atoms with Crippen molar-refractivity contribution in [3.05, 3.63) is 36.7 Å². The van der Waals surface area contributed by atoms with Gasteiger partial charge < -0.3 is 0 Å². The van der Waals surface area contributed by atoms with Crippen LogP contribution in [-0.2, 0) is 26.6 Å². The average Bonchev–Trinajstić information content (AvgIpc) is 3.12. The summed E-state index contributed by atoms with van der Waals surface area (Å²) in [4.78, 5) is 0.223. The minimum Gasteiger partial charge on any atom is -0.280 e. The molecule has 27 heavy (non-hydrogen) atoms. The molecule has 0 saturated carbocycles. The van der Waals surface area contributed by atoms with Crippen molar-refractivity contribution in [3.63, 3.8) is 0 Å². The molecule has 10 heteroatoms. The summed E-state index contributed by atoms with van der Waals surface area (Å²) in [6, 6.07) is 5.76. The van der Waals surface area contributed by atoms with Gasteiger partial charge in [0.15, 0.2) is 0 Å². The van der Waals surface area contributed by atoms with Crippen LogP contribution in [0, 0.1) is 0 Å². The third kappa shape index (κ3) is 4.17. The van der Waals surface area contributed by atoms with E-state index in [2.05, 4.69) is 9.82 Å². The van der Waals surface area contributed by atoms with Gasteiger partial charge in [0.2, 0.25) is 10.0 Å². The first-order chi connectivity index (χ1) is 12.7. The maximum Gasteiger partial charge on any atom is 0.265 e. The summed E-state index contributed by atoms with van der Waals surface area (Å²) >= 11 is 0. The van der Waals surface area contributed by atoms with Crippen molar-refractivity contribution < 1.29 is 16.8 Å². The molecule has 1 aromatic heterocycles. The van der Waals surface area contributed by atoms with Crippen molar-refractivity contribution in [2.75, 3.05) is 11.3 Å². The van der Waals surface area contributed by atoms with Crippen LogP contribution < -0.4 is 4.72 Å². The van der Waals surface area contributed by atoms with Crippen LogP contribution in [0.15, 0.2) is 46.5 Å². The fourth-order valence-electron chi connectivity index (χ4n) is 3.13. The minimum absolute atomic E-state index is 0.0305. The second kappa shape index (κ2) is 7.61. The van der Waals surface area contributed by atoms with Gasteiger partial charge in [0.05, 0.1) is 11.1 Å². The molecule has 0 radical (unpaired) electrons. The van der Waals surface area contributed by atoms with Gasteiger partial charge in [-0.3, -0.25) is 9.40 Å². The number of rotatable bonds is 6. The zero-order chi connectivity index (χ0) is 19.7. The number of nitrogens with zero attached hydrogens (tertiary/aromatic N) is 3. The van der Waals surface area contributed by atoms with Crippen LogP contribution in [0.25, 0.3) is 0 Å². The van der Waals surface area contributed by atoms with E-state index in [0.29, 0.717) is 18.8 Å². The number of anilines is 1. The van der Waals surface area contributed by atoms with Gasteiger partial charge in [-0.1, -0.05) is 6.42 Å². The summed E-state index contributed by atoms with van der Waals surface area (Å²) in [7, 11) is -7.35. The van der Waals surface area contributed by atoms with E-state index in [1.54, 1.807) is 0 Å². The van der Waals surface area contributed by atoms with Gasteiger partial charge in [-0.25, -0.2) is 16.8 Å². The molecule has 148 valence electrons. The fourth-order valence-corrected chi connectivity index (χ4v) is 5.84. The van der Waals surface area contributed by atoms with Crippen LogP contribution in [0.3, 0.4) is 0 Å². The maximum absolute atomic E-state index is 12.8. The molecule has 1 atom stereocenters. The Labute approximate surface area is 160 Å². The topological polar surface area (TPSA) is 101 Å². The van der Waals surface area contributed by atoms with Gasteiger partial charge in [-0.05, 0) is 51.0 Å². The van der Waals surface area contributed by atoms with Crippen LogP contribution in [-0.4, -0.2) is 43.5 Å². The summed E-state index contributed by atoms with van der Waals surface area (Å²) in [6.07, 6.45) is 5.46. The van der Waals surface area contributed by atoms with Gasteiger partial charge in [-0.15, -0.1) is 0 Å². The molecule has 1 aliphatic rings. The van der Waals surface area contributed by atoms with Crippen molar-refractivity contribution in [1.82, 2.24) is 14.1 Å². The Morgan fingerprint density at radius 2 is 1.81 bits per heavy atom. The van der Waals surface area contributed by atoms with E-state index in [-0.39, 0.29) is 15.8 Å². The Bertz CT molecular complexity index is 998. The van der Waals surface area contributed by atoms with Crippen LogP contribution in [0.5, 0.6) is 0 Å². The number of sulfonamides is 2. The lowest BCUT2D eigenvalue weighted by molar-refractivity contribution is 0.268. The summed E-state index contributed by atoms with van der Waals surface area (Å²) < 4.78 is 56.0. The van der Waals surface area contributed by atoms with Crippen molar-refractivity contribution >= 4 is 25.7 Å². The first kappa shape index (κ1) is 19.8. The number of hydrogen-bond donors (Lipinski definition) is 1. The Balaban J connectivity index is 1.79. The highest BCUT2D eigenvalue weighted by Gasteiger charge is 2.30.